The maximum Gasteiger partial charge on any atom is 0.472 e. The molecule has 5 atom stereocenters. The van der Waals surface area contributed by atoms with Crippen molar-refractivity contribution >= 4 is 39.5 Å². The summed E-state index contributed by atoms with van der Waals surface area (Å²) >= 11 is 0. The predicted octanol–water partition coefficient (Wildman–Crippen LogP) is 24.0. The van der Waals surface area contributed by atoms with E-state index >= 15 is 0 Å². The molecule has 0 aliphatic rings. The van der Waals surface area contributed by atoms with Crippen LogP contribution in [0.5, 0.6) is 0 Å². The number of carbonyl (C=O) groups is 4. The van der Waals surface area contributed by atoms with Crippen molar-refractivity contribution in [3.05, 3.63) is 158 Å². The standard InChI is InChI=1S/C87H144O17P2/c1-5-9-13-17-21-25-29-33-36-38-40-42-45-48-51-55-59-63-67-71-84(89)97-77-82(103-86(91)73-69-65-61-57-53-47-32-28-24-20-16-12-8-4)79-101-105(93,94)99-75-81(88)76-100-106(95,96)102-80-83(104-87(92)74-70-66-62-58-54-50-44-35-31-27-23-19-15-11-7-3)78-98-85(90)72-68-64-60-56-52-49-46-43-41-39-37-34-30-26-22-18-14-10-6-2/h9,11,13,15,21-23,25-28,32-37,40-44,48,51,59,63,81-83,88H,5-8,10,12,14,16-20,24,29-31,38-39,45-47,49-50,52-58,60-62,64-80H2,1-4H3,(H,93,94)(H,95,96)/b13-9-,15-11-,25-21-,26-22-,27-23-,32-28-,36-33-,37-34-,42-40-,43-41-,44-35-,51-48-,63-59-. The number of ether oxygens (including phenoxy) is 4. The minimum atomic E-state index is -5.00. The number of allylic oxidation sites excluding steroid dienone is 26. The first-order valence-electron chi connectivity index (χ1n) is 40.7. The highest BCUT2D eigenvalue weighted by molar-refractivity contribution is 7.47. The van der Waals surface area contributed by atoms with Gasteiger partial charge in [0.25, 0.3) is 0 Å². The van der Waals surface area contributed by atoms with Gasteiger partial charge in [0.1, 0.15) is 19.3 Å². The van der Waals surface area contributed by atoms with Crippen LogP contribution in [0.2, 0.25) is 0 Å². The molecule has 604 valence electrons. The number of phosphoric ester groups is 2. The highest BCUT2D eigenvalue weighted by Crippen LogP contribution is 2.45. The summed E-state index contributed by atoms with van der Waals surface area (Å²) in [4.78, 5) is 73.0. The van der Waals surface area contributed by atoms with Crippen molar-refractivity contribution in [3.63, 3.8) is 0 Å². The molecule has 0 aromatic rings. The van der Waals surface area contributed by atoms with Crippen molar-refractivity contribution in [2.24, 2.45) is 0 Å². The molecule has 0 radical (unpaired) electrons. The molecule has 5 unspecified atom stereocenters. The molecule has 0 aromatic carbocycles. The zero-order valence-electron chi connectivity index (χ0n) is 66.1. The van der Waals surface area contributed by atoms with Crippen LogP contribution in [-0.2, 0) is 65.4 Å². The Morgan fingerprint density at radius 2 is 0.509 bits per heavy atom. The lowest BCUT2D eigenvalue weighted by Crippen LogP contribution is -2.30. The summed E-state index contributed by atoms with van der Waals surface area (Å²) in [6.45, 7) is 4.48. The fourth-order valence-electron chi connectivity index (χ4n) is 10.3. The van der Waals surface area contributed by atoms with Crippen LogP contribution in [-0.4, -0.2) is 96.7 Å². The largest absolute Gasteiger partial charge is 0.472 e. The monoisotopic (exact) mass is 1520 g/mol. The maximum atomic E-state index is 13.1. The maximum absolute atomic E-state index is 13.1. The third kappa shape index (κ3) is 76.9. The van der Waals surface area contributed by atoms with E-state index in [1.807, 2.05) is 18.2 Å². The summed E-state index contributed by atoms with van der Waals surface area (Å²) in [5.41, 5.74) is 0. The molecule has 0 amide bonds. The Hall–Kier alpha value is -5.32. The summed E-state index contributed by atoms with van der Waals surface area (Å²) in [5.74, 6) is -2.32. The van der Waals surface area contributed by atoms with Crippen LogP contribution in [0.25, 0.3) is 0 Å². The average molecular weight is 1520 g/mol. The Balaban J connectivity index is 5.44. The van der Waals surface area contributed by atoms with Crippen molar-refractivity contribution in [1.82, 2.24) is 0 Å². The lowest BCUT2D eigenvalue weighted by molar-refractivity contribution is -0.161. The average Bonchev–Trinajstić information content (AvgIpc) is 0.901. The van der Waals surface area contributed by atoms with E-state index in [1.165, 1.54) is 44.9 Å². The Kier molecular flexibility index (Phi) is 73.9. The van der Waals surface area contributed by atoms with Crippen LogP contribution < -0.4 is 0 Å². The van der Waals surface area contributed by atoms with E-state index in [2.05, 4.69) is 167 Å². The van der Waals surface area contributed by atoms with Gasteiger partial charge in [-0.1, -0.05) is 282 Å². The number of rotatable bonds is 75. The van der Waals surface area contributed by atoms with Crippen LogP contribution in [0, 0.1) is 0 Å². The molecule has 17 nitrogen and oxygen atoms in total. The molecular weight excluding hydrogens is 1380 g/mol. The number of esters is 4. The third-order valence-electron chi connectivity index (χ3n) is 16.5. The fraction of sp³-hybridized carbons (Fsp3) is 0.655. The van der Waals surface area contributed by atoms with Gasteiger partial charge in [0, 0.05) is 25.7 Å². The van der Waals surface area contributed by atoms with Crippen molar-refractivity contribution in [3.8, 4) is 0 Å². The van der Waals surface area contributed by atoms with Gasteiger partial charge in [-0.15, -0.1) is 0 Å². The molecule has 0 spiro atoms. The van der Waals surface area contributed by atoms with E-state index in [9.17, 15) is 43.2 Å². The molecule has 0 fully saturated rings. The van der Waals surface area contributed by atoms with Crippen molar-refractivity contribution < 1.29 is 80.2 Å². The van der Waals surface area contributed by atoms with Gasteiger partial charge in [0.15, 0.2) is 12.2 Å². The Bertz CT molecular complexity index is 2630. The van der Waals surface area contributed by atoms with Crippen LogP contribution in [0.15, 0.2) is 158 Å². The lowest BCUT2D eigenvalue weighted by atomic mass is 10.1. The normalized spacial score (nSPS) is 14.7. The molecule has 0 rings (SSSR count). The van der Waals surface area contributed by atoms with Gasteiger partial charge >= 0.3 is 39.5 Å². The molecule has 0 saturated heterocycles. The minimum absolute atomic E-state index is 0.0301. The zero-order chi connectivity index (χ0) is 77.4. The van der Waals surface area contributed by atoms with Gasteiger partial charge in [0.2, 0.25) is 0 Å². The number of unbranched alkanes of at least 4 members (excludes halogenated alkanes) is 23. The van der Waals surface area contributed by atoms with E-state index in [0.717, 1.165) is 180 Å². The van der Waals surface area contributed by atoms with Crippen LogP contribution in [0.3, 0.4) is 0 Å². The highest BCUT2D eigenvalue weighted by Gasteiger charge is 2.30. The number of aliphatic hydroxyl groups excluding tert-OH is 1. The molecule has 0 aliphatic carbocycles. The van der Waals surface area contributed by atoms with Crippen molar-refractivity contribution in [1.29, 1.82) is 0 Å². The smallest absolute Gasteiger partial charge is 0.462 e. The zero-order valence-corrected chi connectivity index (χ0v) is 67.8. The second kappa shape index (κ2) is 77.8. The van der Waals surface area contributed by atoms with E-state index in [0.29, 0.717) is 32.1 Å². The number of carbonyl (C=O) groups excluding carboxylic acids is 4. The van der Waals surface area contributed by atoms with Crippen LogP contribution >= 0.6 is 15.6 Å². The summed E-state index contributed by atoms with van der Waals surface area (Å²) in [7, 11) is -10.0. The topological polar surface area (TPSA) is 237 Å². The number of hydrogen-bond acceptors (Lipinski definition) is 15. The predicted molar refractivity (Wildman–Crippen MR) is 436 cm³/mol. The lowest BCUT2D eigenvalue weighted by Gasteiger charge is -2.21. The van der Waals surface area contributed by atoms with Gasteiger partial charge in [0.05, 0.1) is 26.4 Å². The number of phosphoric acid groups is 2. The van der Waals surface area contributed by atoms with Gasteiger partial charge in [-0.05, 0) is 161 Å². The molecule has 3 N–H and O–H groups in total. The minimum Gasteiger partial charge on any atom is -0.462 e. The molecule has 106 heavy (non-hydrogen) atoms. The van der Waals surface area contributed by atoms with Crippen LogP contribution in [0.1, 0.15) is 310 Å². The first kappa shape index (κ1) is 101. The first-order valence-corrected chi connectivity index (χ1v) is 43.7. The van der Waals surface area contributed by atoms with Crippen molar-refractivity contribution in [2.45, 2.75) is 329 Å². The Morgan fingerprint density at radius 1 is 0.274 bits per heavy atom. The quantitative estimate of drug-likeness (QED) is 0.0169. The number of aliphatic hydroxyl groups is 1. The molecule has 0 saturated carbocycles. The van der Waals surface area contributed by atoms with Crippen molar-refractivity contribution in [2.75, 3.05) is 39.6 Å². The van der Waals surface area contributed by atoms with E-state index in [-0.39, 0.29) is 25.7 Å². The fourth-order valence-corrected chi connectivity index (χ4v) is 11.9. The Labute approximate surface area is 642 Å². The number of hydrogen-bond donors (Lipinski definition) is 3. The molecule has 0 heterocycles. The van der Waals surface area contributed by atoms with Crippen LogP contribution in [0.4, 0.5) is 0 Å². The third-order valence-corrected chi connectivity index (χ3v) is 18.4. The van der Waals surface area contributed by atoms with Gasteiger partial charge < -0.3 is 33.8 Å². The first-order chi connectivity index (χ1) is 51.7. The summed E-state index contributed by atoms with van der Waals surface area (Å²) in [6.07, 6.45) is 90.9. The van der Waals surface area contributed by atoms with E-state index < -0.39 is 97.5 Å². The van der Waals surface area contributed by atoms with Gasteiger partial charge in [-0.2, -0.15) is 0 Å². The second-order valence-corrected chi connectivity index (χ2v) is 29.5. The summed E-state index contributed by atoms with van der Waals surface area (Å²) in [5, 5.41) is 10.6. The molecule has 0 bridgehead atoms. The summed E-state index contributed by atoms with van der Waals surface area (Å²) < 4.78 is 68.5. The molecule has 0 aromatic heterocycles. The van der Waals surface area contributed by atoms with E-state index in [4.69, 9.17) is 37.0 Å². The molecule has 19 heteroatoms. The summed E-state index contributed by atoms with van der Waals surface area (Å²) in [6, 6.07) is 0. The molecule has 0 aliphatic heterocycles. The van der Waals surface area contributed by atoms with E-state index in [1.54, 1.807) is 0 Å². The Morgan fingerprint density at radius 3 is 0.840 bits per heavy atom. The highest BCUT2D eigenvalue weighted by atomic mass is 31.2. The second-order valence-electron chi connectivity index (χ2n) is 26.6. The SMILES string of the molecule is CC/C=C\C/C=C\C/C=C\C/C=C\C/C=C\C/C=C\CCC(=O)OCC(COP(=O)(O)OCC(O)COP(=O)(O)OCC(COC(=O)CCCCCCCC/C=C\C/C=C\C/C=C\CCCCC)OC(=O)CCCCCCC/C=C\C/C=C\C/C=C\CC)OC(=O)CCCCCCC/C=C\CCCCCC. The van der Waals surface area contributed by atoms with Gasteiger partial charge in [-0.3, -0.25) is 37.3 Å². The van der Waals surface area contributed by atoms with Gasteiger partial charge in [-0.25, -0.2) is 9.13 Å². The molecular formula is C87H144O17P2.